The first-order chi connectivity index (χ1) is 9.22. The van der Waals surface area contributed by atoms with Crippen molar-refractivity contribution in [3.05, 3.63) is 18.4 Å². The van der Waals surface area contributed by atoms with Crippen molar-refractivity contribution in [2.75, 3.05) is 6.61 Å². The van der Waals surface area contributed by atoms with E-state index >= 15 is 0 Å². The standard InChI is InChI=1S/C11H15N5O3/c1-2-8(7-17)12-10(18)6-16-14-11(13-15-16)9-4-3-5-19-9/h3-5,8,17H,2,6-7H2,1H3,(H,12,18)/t8-/m0/s1. The van der Waals surface area contributed by atoms with Crippen molar-refractivity contribution in [2.45, 2.75) is 25.9 Å². The molecule has 1 atom stereocenters. The lowest BCUT2D eigenvalue weighted by Crippen LogP contribution is -2.39. The number of hydrogen-bond donors (Lipinski definition) is 2. The van der Waals surface area contributed by atoms with Crippen LogP contribution in [0.15, 0.2) is 22.8 Å². The van der Waals surface area contributed by atoms with Gasteiger partial charge in [0.2, 0.25) is 11.7 Å². The van der Waals surface area contributed by atoms with Crippen molar-refractivity contribution >= 4 is 5.91 Å². The molecule has 0 bridgehead atoms. The van der Waals surface area contributed by atoms with Crippen LogP contribution in [0.4, 0.5) is 0 Å². The molecule has 0 aliphatic carbocycles. The molecule has 0 saturated heterocycles. The predicted molar refractivity (Wildman–Crippen MR) is 64.8 cm³/mol. The highest BCUT2D eigenvalue weighted by atomic mass is 16.3. The number of rotatable bonds is 6. The summed E-state index contributed by atoms with van der Waals surface area (Å²) in [6.07, 6.45) is 2.17. The number of aliphatic hydroxyl groups excluding tert-OH is 1. The van der Waals surface area contributed by atoms with Gasteiger partial charge in [0.25, 0.3) is 0 Å². The fourth-order valence-corrected chi connectivity index (χ4v) is 1.49. The predicted octanol–water partition coefficient (Wildman–Crippen LogP) is -0.180. The van der Waals surface area contributed by atoms with E-state index in [1.54, 1.807) is 12.1 Å². The molecule has 0 radical (unpaired) electrons. The first-order valence-electron chi connectivity index (χ1n) is 5.94. The average molecular weight is 265 g/mol. The van der Waals surface area contributed by atoms with Crippen LogP contribution in [0.25, 0.3) is 11.6 Å². The molecule has 1 amide bonds. The van der Waals surface area contributed by atoms with Gasteiger partial charge in [-0.2, -0.15) is 4.80 Å². The van der Waals surface area contributed by atoms with Crippen molar-refractivity contribution in [1.29, 1.82) is 0 Å². The molecule has 8 nitrogen and oxygen atoms in total. The molecule has 0 saturated carbocycles. The molecule has 2 rings (SSSR count). The molecule has 0 unspecified atom stereocenters. The quantitative estimate of drug-likeness (QED) is 0.750. The molecule has 102 valence electrons. The summed E-state index contributed by atoms with van der Waals surface area (Å²) < 4.78 is 5.13. The lowest BCUT2D eigenvalue weighted by molar-refractivity contribution is -0.123. The van der Waals surface area contributed by atoms with E-state index < -0.39 is 0 Å². The van der Waals surface area contributed by atoms with Gasteiger partial charge in [0.1, 0.15) is 6.54 Å². The van der Waals surface area contributed by atoms with Crippen LogP contribution in [0.1, 0.15) is 13.3 Å². The van der Waals surface area contributed by atoms with Crippen LogP contribution in [0.2, 0.25) is 0 Å². The van der Waals surface area contributed by atoms with E-state index in [1.807, 2.05) is 6.92 Å². The van der Waals surface area contributed by atoms with E-state index in [1.165, 1.54) is 11.1 Å². The van der Waals surface area contributed by atoms with E-state index in [2.05, 4.69) is 20.7 Å². The Labute approximate surface area is 109 Å². The number of furan rings is 1. The van der Waals surface area contributed by atoms with E-state index in [0.717, 1.165) is 0 Å². The molecule has 0 aliphatic heterocycles. The maximum absolute atomic E-state index is 11.7. The number of nitrogens with one attached hydrogen (secondary N) is 1. The lowest BCUT2D eigenvalue weighted by atomic mass is 10.2. The molecule has 2 aromatic heterocycles. The van der Waals surface area contributed by atoms with Crippen LogP contribution in [0, 0.1) is 0 Å². The van der Waals surface area contributed by atoms with E-state index in [-0.39, 0.29) is 25.1 Å². The summed E-state index contributed by atoms with van der Waals surface area (Å²) in [6.45, 7) is 1.73. The fraction of sp³-hybridized carbons (Fsp3) is 0.455. The summed E-state index contributed by atoms with van der Waals surface area (Å²) in [7, 11) is 0. The molecule has 2 N–H and O–H groups in total. The van der Waals surface area contributed by atoms with Crippen LogP contribution in [0.3, 0.4) is 0 Å². The summed E-state index contributed by atoms with van der Waals surface area (Å²) in [5, 5.41) is 23.2. The van der Waals surface area contributed by atoms with Gasteiger partial charge >= 0.3 is 0 Å². The number of nitrogens with zero attached hydrogens (tertiary/aromatic N) is 4. The first-order valence-corrected chi connectivity index (χ1v) is 5.94. The minimum absolute atomic E-state index is 0.0514. The van der Waals surface area contributed by atoms with Crippen LogP contribution in [0.5, 0.6) is 0 Å². The zero-order chi connectivity index (χ0) is 13.7. The molecule has 0 aromatic carbocycles. The monoisotopic (exact) mass is 265 g/mol. The fourth-order valence-electron chi connectivity index (χ4n) is 1.49. The summed E-state index contributed by atoms with van der Waals surface area (Å²) >= 11 is 0. The number of carbonyl (C=O) groups excluding carboxylic acids is 1. The van der Waals surface area contributed by atoms with Gasteiger partial charge in [-0.05, 0) is 23.8 Å². The average Bonchev–Trinajstić information content (AvgIpc) is 3.06. The SMILES string of the molecule is CC[C@@H](CO)NC(=O)Cn1nnc(-c2ccco2)n1. The molecular formula is C11H15N5O3. The Morgan fingerprint density at radius 1 is 1.63 bits per heavy atom. The molecule has 2 aromatic rings. The minimum atomic E-state index is -0.274. The van der Waals surface area contributed by atoms with Gasteiger partial charge < -0.3 is 14.8 Å². The number of hydrogen-bond acceptors (Lipinski definition) is 6. The lowest BCUT2D eigenvalue weighted by Gasteiger charge is -2.13. The Bertz CT molecular complexity index is 518. The molecule has 19 heavy (non-hydrogen) atoms. The van der Waals surface area contributed by atoms with Gasteiger partial charge in [0.05, 0.1) is 18.9 Å². The van der Waals surface area contributed by atoms with Crippen molar-refractivity contribution in [3.63, 3.8) is 0 Å². The van der Waals surface area contributed by atoms with Crippen molar-refractivity contribution < 1.29 is 14.3 Å². The Morgan fingerprint density at radius 2 is 2.47 bits per heavy atom. The van der Waals surface area contributed by atoms with Gasteiger partial charge in [-0.25, -0.2) is 0 Å². The zero-order valence-corrected chi connectivity index (χ0v) is 10.5. The van der Waals surface area contributed by atoms with E-state index in [9.17, 15) is 4.79 Å². The second-order valence-electron chi connectivity index (χ2n) is 3.98. The largest absolute Gasteiger partial charge is 0.461 e. The van der Waals surface area contributed by atoms with E-state index in [0.29, 0.717) is 18.0 Å². The summed E-state index contributed by atoms with van der Waals surface area (Å²) in [5.41, 5.74) is 0. The highest BCUT2D eigenvalue weighted by Gasteiger charge is 2.13. The molecule has 2 heterocycles. The molecular weight excluding hydrogens is 250 g/mol. The summed E-state index contributed by atoms with van der Waals surface area (Å²) in [5.74, 6) is 0.546. The van der Waals surface area contributed by atoms with Crippen LogP contribution in [-0.4, -0.2) is 43.9 Å². The van der Waals surface area contributed by atoms with Gasteiger partial charge in [-0.1, -0.05) is 6.92 Å². The summed E-state index contributed by atoms with van der Waals surface area (Å²) in [4.78, 5) is 12.8. The Balaban J connectivity index is 1.95. The maximum atomic E-state index is 11.7. The molecule has 0 fully saturated rings. The normalized spacial score (nSPS) is 12.3. The Kier molecular flexibility index (Phi) is 4.24. The van der Waals surface area contributed by atoms with Crippen LogP contribution >= 0.6 is 0 Å². The second-order valence-corrected chi connectivity index (χ2v) is 3.98. The third-order valence-corrected chi connectivity index (χ3v) is 2.56. The van der Waals surface area contributed by atoms with Crippen molar-refractivity contribution in [1.82, 2.24) is 25.5 Å². The minimum Gasteiger partial charge on any atom is -0.461 e. The number of carbonyl (C=O) groups is 1. The number of tetrazole rings is 1. The number of aromatic nitrogens is 4. The summed E-state index contributed by atoms with van der Waals surface area (Å²) in [6, 6.07) is 3.18. The number of aliphatic hydroxyl groups is 1. The van der Waals surface area contributed by atoms with Gasteiger partial charge in [0.15, 0.2) is 5.76 Å². The highest BCUT2D eigenvalue weighted by Crippen LogP contribution is 2.12. The third-order valence-electron chi connectivity index (χ3n) is 2.56. The van der Waals surface area contributed by atoms with Gasteiger partial charge in [0, 0.05) is 0 Å². The Hall–Kier alpha value is -2.22. The van der Waals surface area contributed by atoms with Crippen LogP contribution < -0.4 is 5.32 Å². The highest BCUT2D eigenvalue weighted by molar-refractivity contribution is 5.75. The second kappa shape index (κ2) is 6.10. The molecule has 8 heteroatoms. The molecule has 0 aliphatic rings. The zero-order valence-electron chi connectivity index (χ0n) is 10.5. The topological polar surface area (TPSA) is 106 Å². The van der Waals surface area contributed by atoms with E-state index in [4.69, 9.17) is 9.52 Å². The van der Waals surface area contributed by atoms with Gasteiger partial charge in [-0.3, -0.25) is 4.79 Å². The number of amides is 1. The molecule has 0 spiro atoms. The Morgan fingerprint density at radius 3 is 3.11 bits per heavy atom. The van der Waals surface area contributed by atoms with Crippen molar-refractivity contribution in [3.8, 4) is 11.6 Å². The van der Waals surface area contributed by atoms with Crippen molar-refractivity contribution in [2.24, 2.45) is 0 Å². The van der Waals surface area contributed by atoms with Crippen LogP contribution in [-0.2, 0) is 11.3 Å². The van der Waals surface area contributed by atoms with Gasteiger partial charge in [-0.15, -0.1) is 10.2 Å². The third kappa shape index (κ3) is 3.38. The first kappa shape index (κ1) is 13.2. The maximum Gasteiger partial charge on any atom is 0.243 e. The smallest absolute Gasteiger partial charge is 0.243 e.